The summed E-state index contributed by atoms with van der Waals surface area (Å²) in [5.41, 5.74) is 10.3. The van der Waals surface area contributed by atoms with Gasteiger partial charge in [-0.25, -0.2) is 4.68 Å². The lowest BCUT2D eigenvalue weighted by Gasteiger charge is -2.22. The Morgan fingerprint density at radius 1 is 1.21 bits per heavy atom. The first-order valence-corrected chi connectivity index (χ1v) is 8.68. The molecule has 6 nitrogen and oxygen atoms in total. The molecule has 1 aliphatic heterocycles. The van der Waals surface area contributed by atoms with Crippen LogP contribution in [0.2, 0.25) is 0 Å². The molecule has 2 aliphatic rings. The predicted octanol–water partition coefficient (Wildman–Crippen LogP) is 2.55. The van der Waals surface area contributed by atoms with Crippen LogP contribution in [-0.2, 0) is 12.8 Å². The number of hydrogen-bond donors (Lipinski definition) is 2. The minimum absolute atomic E-state index is 0.205. The number of nitrogen functional groups attached to an aromatic ring is 1. The minimum atomic E-state index is 0.205. The topological polar surface area (TPSA) is 89.8 Å². The molecule has 5 rings (SSSR count). The van der Waals surface area contributed by atoms with Crippen molar-refractivity contribution in [2.45, 2.75) is 25.2 Å². The molecule has 3 heterocycles. The number of rotatable bonds is 1. The Morgan fingerprint density at radius 2 is 2.04 bits per heavy atom. The van der Waals surface area contributed by atoms with E-state index in [-0.39, 0.29) is 11.7 Å². The van der Waals surface area contributed by atoms with E-state index in [0.29, 0.717) is 5.95 Å². The monoisotopic (exact) mass is 337 g/mol. The Labute approximate surface area is 142 Å². The highest BCUT2D eigenvalue weighted by Crippen LogP contribution is 2.43. The van der Waals surface area contributed by atoms with Crippen LogP contribution in [0.15, 0.2) is 30.3 Å². The molecule has 3 aromatic rings. The third kappa shape index (κ3) is 1.91. The van der Waals surface area contributed by atoms with Gasteiger partial charge in [0, 0.05) is 22.8 Å². The number of allylic oxidation sites excluding steroid dienone is 1. The number of anilines is 1. The number of nitrogens with zero attached hydrogens (tertiary/aromatic N) is 4. The van der Waals surface area contributed by atoms with Crippen LogP contribution in [0, 0.1) is 0 Å². The van der Waals surface area contributed by atoms with E-state index in [2.05, 4.69) is 16.2 Å². The van der Waals surface area contributed by atoms with Crippen molar-refractivity contribution in [3.63, 3.8) is 0 Å². The summed E-state index contributed by atoms with van der Waals surface area (Å²) in [5.74, 6) is 1.72. The molecular weight excluding hydrogens is 322 g/mol. The van der Waals surface area contributed by atoms with E-state index < -0.39 is 0 Å². The molecule has 0 spiro atoms. The van der Waals surface area contributed by atoms with E-state index in [1.54, 1.807) is 23.7 Å². The molecule has 0 saturated heterocycles. The highest BCUT2D eigenvalue weighted by atomic mass is 32.1. The molecule has 0 bridgehead atoms. The molecule has 1 aliphatic carbocycles. The average Bonchev–Trinajstić information content (AvgIpc) is 3.13. The van der Waals surface area contributed by atoms with E-state index in [4.69, 9.17) is 10.1 Å². The Bertz CT molecular complexity index is 970. The first-order chi connectivity index (χ1) is 11.7. The molecule has 1 atom stereocenters. The van der Waals surface area contributed by atoms with E-state index in [1.165, 1.54) is 16.0 Å². The summed E-state index contributed by atoms with van der Waals surface area (Å²) in [6.45, 7) is 0. The van der Waals surface area contributed by atoms with Crippen molar-refractivity contribution < 1.29 is 5.11 Å². The Kier molecular flexibility index (Phi) is 2.81. The number of aromatic nitrogens is 4. The number of phenolic OH excluding ortho intramolecular Hbond substituents is 1. The Hall–Kier alpha value is -2.67. The minimum Gasteiger partial charge on any atom is -0.508 e. The van der Waals surface area contributed by atoms with Gasteiger partial charge in [-0.15, -0.1) is 5.10 Å². The zero-order valence-corrected chi connectivity index (χ0v) is 13.6. The highest BCUT2D eigenvalue weighted by molar-refractivity contribution is 7.06. The standard InChI is InChI=1S/C17H15N5OS/c18-17-19-14-8-7-13-15-12(22(14)20-17)6-5-11(16(15)21-24-13)9-1-3-10(23)4-2-9/h1-4,6,11,23H,5,7-8H2,(H2,18,20). The molecular formula is C17H15N5OS. The van der Waals surface area contributed by atoms with Crippen molar-refractivity contribution in [3.8, 4) is 5.75 Å². The maximum absolute atomic E-state index is 9.54. The first kappa shape index (κ1) is 13.7. The number of aromatic hydroxyl groups is 1. The van der Waals surface area contributed by atoms with Crippen LogP contribution in [0.5, 0.6) is 5.75 Å². The lowest BCUT2D eigenvalue weighted by atomic mass is 9.84. The van der Waals surface area contributed by atoms with Gasteiger partial charge in [0.05, 0.1) is 11.4 Å². The number of hydrogen-bond acceptors (Lipinski definition) is 6. The van der Waals surface area contributed by atoms with E-state index in [9.17, 15) is 5.11 Å². The summed E-state index contributed by atoms with van der Waals surface area (Å²) in [6.07, 6.45) is 4.78. The number of fused-ring (bicyclic) bond motifs is 2. The van der Waals surface area contributed by atoms with Crippen molar-refractivity contribution in [2.75, 3.05) is 5.73 Å². The lowest BCUT2D eigenvalue weighted by Crippen LogP contribution is -2.13. The van der Waals surface area contributed by atoms with Gasteiger partial charge in [0.2, 0.25) is 5.95 Å². The van der Waals surface area contributed by atoms with Gasteiger partial charge in [-0.05, 0) is 42.1 Å². The van der Waals surface area contributed by atoms with Gasteiger partial charge in [-0.2, -0.15) is 9.36 Å². The van der Waals surface area contributed by atoms with Crippen molar-refractivity contribution >= 4 is 23.2 Å². The summed E-state index contributed by atoms with van der Waals surface area (Å²) in [6, 6.07) is 7.41. The molecule has 0 saturated carbocycles. The van der Waals surface area contributed by atoms with Crippen molar-refractivity contribution in [2.24, 2.45) is 0 Å². The van der Waals surface area contributed by atoms with Crippen molar-refractivity contribution in [1.29, 1.82) is 0 Å². The van der Waals surface area contributed by atoms with Gasteiger partial charge in [0.1, 0.15) is 11.6 Å². The smallest absolute Gasteiger partial charge is 0.240 e. The van der Waals surface area contributed by atoms with Crippen LogP contribution in [0.4, 0.5) is 5.95 Å². The molecule has 1 unspecified atom stereocenters. The van der Waals surface area contributed by atoms with E-state index in [0.717, 1.165) is 36.5 Å². The van der Waals surface area contributed by atoms with Crippen molar-refractivity contribution in [1.82, 2.24) is 19.1 Å². The molecule has 120 valence electrons. The second-order valence-electron chi connectivity index (χ2n) is 6.13. The third-order valence-electron chi connectivity index (χ3n) is 4.71. The second kappa shape index (κ2) is 4.91. The summed E-state index contributed by atoms with van der Waals surface area (Å²) < 4.78 is 6.65. The molecule has 0 fully saturated rings. The third-order valence-corrected chi connectivity index (χ3v) is 5.63. The van der Waals surface area contributed by atoms with Gasteiger partial charge >= 0.3 is 0 Å². The SMILES string of the molecule is Nc1nc2n(n1)C1=CCC(c3ccc(O)cc3)c3nsc(c31)CC2. The molecule has 2 aromatic heterocycles. The van der Waals surface area contributed by atoms with Crippen LogP contribution in [0.1, 0.15) is 39.9 Å². The zero-order chi connectivity index (χ0) is 16.3. The predicted molar refractivity (Wildman–Crippen MR) is 91.9 cm³/mol. The number of phenols is 1. The fourth-order valence-corrected chi connectivity index (χ4v) is 4.52. The number of aryl methyl sites for hydroxylation is 2. The molecule has 7 heteroatoms. The van der Waals surface area contributed by atoms with Gasteiger partial charge < -0.3 is 10.8 Å². The van der Waals surface area contributed by atoms with Crippen molar-refractivity contribution in [3.05, 3.63) is 57.9 Å². The first-order valence-electron chi connectivity index (χ1n) is 7.90. The van der Waals surface area contributed by atoms with E-state index >= 15 is 0 Å². The maximum Gasteiger partial charge on any atom is 0.240 e. The van der Waals surface area contributed by atoms with Crippen LogP contribution >= 0.6 is 11.5 Å². The molecule has 3 N–H and O–H groups in total. The Balaban J connectivity index is 1.67. The largest absolute Gasteiger partial charge is 0.508 e. The van der Waals surface area contributed by atoms with Crippen LogP contribution < -0.4 is 5.73 Å². The number of nitrogens with two attached hydrogens (primary N) is 1. The summed E-state index contributed by atoms with van der Waals surface area (Å²) in [5, 5.41) is 13.9. The Morgan fingerprint density at radius 3 is 2.88 bits per heavy atom. The highest BCUT2D eigenvalue weighted by Gasteiger charge is 2.32. The molecule has 24 heavy (non-hydrogen) atoms. The van der Waals surface area contributed by atoms with Gasteiger partial charge in [0.25, 0.3) is 0 Å². The maximum atomic E-state index is 9.54. The second-order valence-corrected chi connectivity index (χ2v) is 6.99. The molecule has 0 radical (unpaired) electrons. The lowest BCUT2D eigenvalue weighted by molar-refractivity contribution is 0.475. The van der Waals surface area contributed by atoms with Gasteiger partial charge in [-0.1, -0.05) is 18.2 Å². The van der Waals surface area contributed by atoms with Gasteiger partial charge in [0.15, 0.2) is 0 Å². The van der Waals surface area contributed by atoms with Crippen LogP contribution in [0.25, 0.3) is 5.70 Å². The summed E-state index contributed by atoms with van der Waals surface area (Å²) in [7, 11) is 0. The van der Waals surface area contributed by atoms with Crippen LogP contribution in [0.3, 0.4) is 0 Å². The quantitative estimate of drug-likeness (QED) is 0.712. The fourth-order valence-electron chi connectivity index (χ4n) is 3.60. The summed E-state index contributed by atoms with van der Waals surface area (Å²) in [4.78, 5) is 5.64. The van der Waals surface area contributed by atoms with E-state index in [1.807, 2.05) is 16.8 Å². The number of benzene rings is 1. The van der Waals surface area contributed by atoms with Crippen LogP contribution in [-0.4, -0.2) is 24.2 Å². The summed E-state index contributed by atoms with van der Waals surface area (Å²) >= 11 is 1.57. The molecule has 0 amide bonds. The fraction of sp³-hybridized carbons (Fsp3) is 0.235. The zero-order valence-electron chi connectivity index (χ0n) is 12.8. The normalized spacial score (nSPS) is 18.5. The van der Waals surface area contributed by atoms with Gasteiger partial charge in [-0.3, -0.25) is 0 Å². The molecule has 1 aromatic carbocycles. The average molecular weight is 337 g/mol.